The standard InChI is InChI=1S/C8H18Se3/c1-5-6-7-8(9-2,10-3)11-4/h5-7H2,1-4H3. The summed E-state index contributed by atoms with van der Waals surface area (Å²) in [7, 11) is 0. The second kappa shape index (κ2) is 7.01. The van der Waals surface area contributed by atoms with Crippen molar-refractivity contribution in [2.45, 2.75) is 45.8 Å². The van der Waals surface area contributed by atoms with E-state index in [2.05, 4.69) is 24.4 Å². The van der Waals surface area contributed by atoms with Crippen LogP contribution in [0.3, 0.4) is 0 Å². The van der Waals surface area contributed by atoms with Crippen LogP contribution in [-0.4, -0.2) is 44.9 Å². The van der Waals surface area contributed by atoms with E-state index < -0.39 is 0 Å². The molecule has 0 aliphatic heterocycles. The predicted molar refractivity (Wildman–Crippen MR) is 57.1 cm³/mol. The van der Waals surface area contributed by atoms with Crippen molar-refractivity contribution in [1.82, 2.24) is 0 Å². The van der Waals surface area contributed by atoms with E-state index in [-0.39, 0.29) is 0 Å². The number of rotatable bonds is 6. The summed E-state index contributed by atoms with van der Waals surface area (Å²) in [4.78, 5) is 0. The molecule has 0 saturated carbocycles. The quantitative estimate of drug-likeness (QED) is 0.646. The normalized spacial score (nSPS) is 12.0. The zero-order valence-electron chi connectivity index (χ0n) is 7.85. The molecule has 0 rings (SSSR count). The van der Waals surface area contributed by atoms with Gasteiger partial charge in [-0.2, -0.15) is 0 Å². The molecule has 0 aromatic heterocycles. The Morgan fingerprint density at radius 3 is 1.73 bits per heavy atom. The molecule has 0 spiro atoms. The third kappa shape index (κ3) is 4.36. The molecule has 0 atom stereocenters. The molecule has 0 fully saturated rings. The van der Waals surface area contributed by atoms with Gasteiger partial charge in [-0.15, -0.1) is 0 Å². The van der Waals surface area contributed by atoms with Gasteiger partial charge in [0.2, 0.25) is 0 Å². The maximum atomic E-state index is 2.43. The van der Waals surface area contributed by atoms with E-state index in [0.717, 1.165) is 47.0 Å². The third-order valence-electron chi connectivity index (χ3n) is 1.77. The number of unbranched alkanes of at least 4 members (excludes halogenated alkanes) is 1. The fourth-order valence-corrected chi connectivity index (χ4v) is 9.64. The van der Waals surface area contributed by atoms with Crippen LogP contribution < -0.4 is 0 Å². The van der Waals surface area contributed by atoms with E-state index in [4.69, 9.17) is 0 Å². The monoisotopic (exact) mass is 354 g/mol. The van der Waals surface area contributed by atoms with Crippen molar-refractivity contribution in [3.8, 4) is 0 Å². The van der Waals surface area contributed by atoms with E-state index in [9.17, 15) is 0 Å². The molecule has 0 unspecified atom stereocenters. The molecule has 0 amide bonds. The van der Waals surface area contributed by atoms with Crippen LogP contribution in [0.4, 0.5) is 0 Å². The van der Waals surface area contributed by atoms with Crippen LogP contribution in [0, 0.1) is 0 Å². The van der Waals surface area contributed by atoms with Crippen LogP contribution >= 0.6 is 0 Å². The first-order valence-corrected chi connectivity index (χ1v) is 11.6. The van der Waals surface area contributed by atoms with Crippen molar-refractivity contribution in [2.24, 2.45) is 0 Å². The van der Waals surface area contributed by atoms with Gasteiger partial charge in [-0.05, 0) is 0 Å². The predicted octanol–water partition coefficient (Wildman–Crippen LogP) is 2.51. The van der Waals surface area contributed by atoms with E-state index in [0.29, 0.717) is 0 Å². The first kappa shape index (κ1) is 12.6. The summed E-state index contributed by atoms with van der Waals surface area (Å²) in [6.07, 6.45) is 4.36. The zero-order valence-corrected chi connectivity index (χ0v) is 13.0. The second-order valence-corrected chi connectivity index (χ2v) is 13.3. The van der Waals surface area contributed by atoms with Gasteiger partial charge in [-0.1, -0.05) is 0 Å². The van der Waals surface area contributed by atoms with E-state index in [1.807, 2.05) is 0 Å². The van der Waals surface area contributed by atoms with E-state index in [1.54, 1.807) is 0 Å². The van der Waals surface area contributed by atoms with E-state index in [1.165, 1.54) is 19.3 Å². The van der Waals surface area contributed by atoms with Gasteiger partial charge in [0.05, 0.1) is 0 Å². The summed E-state index contributed by atoms with van der Waals surface area (Å²) in [6.45, 7) is 2.30. The Balaban J connectivity index is 3.84. The Kier molecular flexibility index (Phi) is 8.00. The zero-order chi connectivity index (χ0) is 8.74. The summed E-state index contributed by atoms with van der Waals surface area (Å²) in [6, 6.07) is 0. The molecule has 0 saturated heterocycles. The van der Waals surface area contributed by atoms with Gasteiger partial charge in [0.1, 0.15) is 0 Å². The van der Waals surface area contributed by atoms with Crippen molar-refractivity contribution < 1.29 is 0 Å². The van der Waals surface area contributed by atoms with Gasteiger partial charge >= 0.3 is 90.6 Å². The molecule has 0 aliphatic carbocycles. The minimum absolute atomic E-state index is 0.864. The van der Waals surface area contributed by atoms with Crippen molar-refractivity contribution in [3.63, 3.8) is 0 Å². The molecule has 0 N–H and O–H groups in total. The molecule has 0 aromatic rings. The van der Waals surface area contributed by atoms with Crippen molar-refractivity contribution in [1.29, 1.82) is 0 Å². The molecule has 0 bridgehead atoms. The van der Waals surface area contributed by atoms with Crippen LogP contribution in [0.1, 0.15) is 26.2 Å². The van der Waals surface area contributed by atoms with Crippen LogP contribution in [0.2, 0.25) is 19.6 Å². The maximum absolute atomic E-state index is 2.43. The van der Waals surface area contributed by atoms with Crippen molar-refractivity contribution >= 4 is 44.9 Å². The van der Waals surface area contributed by atoms with Crippen molar-refractivity contribution in [3.05, 3.63) is 0 Å². The fourth-order valence-electron chi connectivity index (χ4n) is 0.949. The van der Waals surface area contributed by atoms with Crippen molar-refractivity contribution in [2.75, 3.05) is 0 Å². The fraction of sp³-hybridized carbons (Fsp3) is 1.00. The molecular formula is C8H18Se3. The van der Waals surface area contributed by atoms with Crippen LogP contribution in [0.15, 0.2) is 0 Å². The first-order valence-electron chi connectivity index (χ1n) is 3.90. The Morgan fingerprint density at radius 2 is 1.45 bits per heavy atom. The van der Waals surface area contributed by atoms with Crippen LogP contribution in [0.25, 0.3) is 0 Å². The Hall–Kier alpha value is 1.56. The molecule has 0 nitrogen and oxygen atoms in total. The molecule has 0 aliphatic rings. The summed E-state index contributed by atoms with van der Waals surface area (Å²) < 4.78 is 0.864. The van der Waals surface area contributed by atoms with Gasteiger partial charge in [-0.25, -0.2) is 0 Å². The van der Waals surface area contributed by atoms with Crippen LogP contribution in [-0.2, 0) is 0 Å². The first-order chi connectivity index (χ1) is 5.24. The summed E-state index contributed by atoms with van der Waals surface area (Å²) in [5.41, 5.74) is 0. The number of hydrogen-bond donors (Lipinski definition) is 0. The minimum atomic E-state index is 0.864. The summed E-state index contributed by atoms with van der Waals surface area (Å²) >= 11 is 2.68. The SMILES string of the molecule is CCCCC([Se]C)([Se]C)[Se]C. The molecule has 11 heavy (non-hydrogen) atoms. The van der Waals surface area contributed by atoms with E-state index >= 15 is 0 Å². The molecule has 68 valence electrons. The Morgan fingerprint density at radius 1 is 1.00 bits per heavy atom. The molecular weight excluding hydrogens is 333 g/mol. The summed E-state index contributed by atoms with van der Waals surface area (Å²) in [5, 5.41) is 0. The molecule has 0 radical (unpaired) electrons. The number of hydrogen-bond acceptors (Lipinski definition) is 0. The van der Waals surface area contributed by atoms with Gasteiger partial charge in [0.15, 0.2) is 0 Å². The Labute approximate surface area is 90.1 Å². The summed E-state index contributed by atoms with van der Waals surface area (Å²) in [5.74, 6) is 7.29. The topological polar surface area (TPSA) is 0 Å². The average molecular weight is 351 g/mol. The second-order valence-electron chi connectivity index (χ2n) is 2.40. The van der Waals surface area contributed by atoms with Gasteiger partial charge < -0.3 is 0 Å². The van der Waals surface area contributed by atoms with Gasteiger partial charge in [0, 0.05) is 0 Å². The van der Waals surface area contributed by atoms with Crippen LogP contribution in [0.5, 0.6) is 0 Å². The third-order valence-corrected chi connectivity index (χ3v) is 17.9. The van der Waals surface area contributed by atoms with Gasteiger partial charge in [0.25, 0.3) is 0 Å². The molecule has 0 heterocycles. The molecule has 3 heteroatoms. The Bertz CT molecular complexity index is 81.1. The van der Waals surface area contributed by atoms with Gasteiger partial charge in [-0.3, -0.25) is 0 Å². The average Bonchev–Trinajstić information content (AvgIpc) is 2.08. The molecule has 0 aromatic carbocycles.